The molecular weight excluding hydrogens is 273 g/mol. The molecule has 0 bridgehead atoms. The maximum atomic E-state index is 13.0. The Balaban J connectivity index is 2.29. The first-order valence-corrected chi connectivity index (χ1v) is 6.15. The normalized spacial score (nSPS) is 11.1. The largest absolute Gasteiger partial charge is 0.377 e. The molecular formula is C12H17BrFNO. The summed E-state index contributed by atoms with van der Waals surface area (Å²) in [6.07, 6.45) is 0.253. The molecule has 0 saturated carbocycles. The molecule has 0 saturated heterocycles. The lowest BCUT2D eigenvalue weighted by atomic mass is 10.2. The number of rotatable bonds is 6. The van der Waals surface area contributed by atoms with Crippen molar-refractivity contribution in [3.8, 4) is 0 Å². The highest BCUT2D eigenvalue weighted by atomic mass is 79.9. The quantitative estimate of drug-likeness (QED) is 0.813. The van der Waals surface area contributed by atoms with Gasteiger partial charge in [0.05, 0.1) is 12.7 Å². The van der Waals surface area contributed by atoms with E-state index in [1.165, 1.54) is 12.1 Å². The molecule has 0 radical (unpaired) electrons. The second kappa shape index (κ2) is 6.99. The van der Waals surface area contributed by atoms with Crippen molar-refractivity contribution in [2.45, 2.75) is 26.5 Å². The third kappa shape index (κ3) is 5.05. The van der Waals surface area contributed by atoms with Crippen molar-refractivity contribution in [1.82, 2.24) is 5.32 Å². The van der Waals surface area contributed by atoms with E-state index in [1.807, 2.05) is 13.8 Å². The van der Waals surface area contributed by atoms with Crippen LogP contribution in [-0.2, 0) is 11.3 Å². The van der Waals surface area contributed by atoms with Gasteiger partial charge in [-0.2, -0.15) is 0 Å². The highest BCUT2D eigenvalue weighted by Gasteiger charge is 2.01. The van der Waals surface area contributed by atoms with Gasteiger partial charge in [-0.3, -0.25) is 0 Å². The van der Waals surface area contributed by atoms with Crippen LogP contribution in [0.3, 0.4) is 0 Å². The average molecular weight is 290 g/mol. The lowest BCUT2D eigenvalue weighted by molar-refractivity contribution is 0.0807. The van der Waals surface area contributed by atoms with Gasteiger partial charge in [-0.05, 0) is 37.6 Å². The van der Waals surface area contributed by atoms with Gasteiger partial charge in [0.25, 0.3) is 0 Å². The van der Waals surface area contributed by atoms with Crippen molar-refractivity contribution < 1.29 is 9.13 Å². The first-order chi connectivity index (χ1) is 7.59. The lowest BCUT2D eigenvalue weighted by Gasteiger charge is -2.09. The van der Waals surface area contributed by atoms with E-state index in [9.17, 15) is 4.39 Å². The van der Waals surface area contributed by atoms with Gasteiger partial charge >= 0.3 is 0 Å². The Labute approximate surface area is 104 Å². The van der Waals surface area contributed by atoms with Crippen molar-refractivity contribution >= 4 is 15.9 Å². The van der Waals surface area contributed by atoms with Crippen LogP contribution in [0.5, 0.6) is 0 Å². The first-order valence-electron chi connectivity index (χ1n) is 5.36. The zero-order valence-corrected chi connectivity index (χ0v) is 11.2. The standard InChI is InChI=1S/C12H17BrFNO/c1-9(2)16-6-5-15-8-10-7-11(14)3-4-12(10)13/h3-4,7,9,15H,5-6,8H2,1-2H3. The molecule has 90 valence electrons. The highest BCUT2D eigenvalue weighted by Crippen LogP contribution is 2.17. The summed E-state index contributed by atoms with van der Waals surface area (Å²) in [6.45, 7) is 6.08. The molecule has 1 rings (SSSR count). The predicted molar refractivity (Wildman–Crippen MR) is 66.9 cm³/mol. The fraction of sp³-hybridized carbons (Fsp3) is 0.500. The Kier molecular flexibility index (Phi) is 5.95. The van der Waals surface area contributed by atoms with Gasteiger partial charge in [0, 0.05) is 17.6 Å². The molecule has 0 aromatic heterocycles. The Morgan fingerprint density at radius 1 is 1.44 bits per heavy atom. The van der Waals surface area contributed by atoms with Gasteiger partial charge in [0.2, 0.25) is 0 Å². The van der Waals surface area contributed by atoms with Crippen molar-refractivity contribution in [3.05, 3.63) is 34.1 Å². The smallest absolute Gasteiger partial charge is 0.123 e. The molecule has 1 aromatic carbocycles. The molecule has 2 nitrogen and oxygen atoms in total. The molecule has 4 heteroatoms. The van der Waals surface area contributed by atoms with Gasteiger partial charge in [0.1, 0.15) is 5.82 Å². The SMILES string of the molecule is CC(C)OCCNCc1cc(F)ccc1Br. The van der Waals surface area contributed by atoms with E-state index < -0.39 is 0 Å². The van der Waals surface area contributed by atoms with Crippen LogP contribution < -0.4 is 5.32 Å². The van der Waals surface area contributed by atoms with E-state index in [4.69, 9.17) is 4.74 Å². The molecule has 0 fully saturated rings. The summed E-state index contributed by atoms with van der Waals surface area (Å²) in [6, 6.07) is 4.69. The summed E-state index contributed by atoms with van der Waals surface area (Å²) in [5.74, 6) is -0.210. The molecule has 0 aliphatic heterocycles. The van der Waals surface area contributed by atoms with Gasteiger partial charge in [0.15, 0.2) is 0 Å². The topological polar surface area (TPSA) is 21.3 Å². The van der Waals surface area contributed by atoms with Gasteiger partial charge in [-0.15, -0.1) is 0 Å². The zero-order valence-electron chi connectivity index (χ0n) is 9.59. The van der Waals surface area contributed by atoms with E-state index in [1.54, 1.807) is 6.07 Å². The molecule has 0 atom stereocenters. The van der Waals surface area contributed by atoms with Crippen LogP contribution in [0.2, 0.25) is 0 Å². The average Bonchev–Trinajstić information content (AvgIpc) is 2.22. The second-order valence-corrected chi connectivity index (χ2v) is 4.69. The third-order valence-electron chi connectivity index (χ3n) is 2.05. The Morgan fingerprint density at radius 2 is 2.19 bits per heavy atom. The summed E-state index contributed by atoms with van der Waals surface area (Å²) in [7, 11) is 0. The Morgan fingerprint density at radius 3 is 2.88 bits per heavy atom. The minimum atomic E-state index is -0.210. The summed E-state index contributed by atoms with van der Waals surface area (Å²) in [5.41, 5.74) is 0.921. The van der Waals surface area contributed by atoms with Gasteiger partial charge in [-0.25, -0.2) is 4.39 Å². The first kappa shape index (κ1) is 13.6. The second-order valence-electron chi connectivity index (χ2n) is 3.83. The summed E-state index contributed by atoms with van der Waals surface area (Å²) in [5, 5.41) is 3.20. The van der Waals surface area contributed by atoms with Crippen LogP contribution in [0.4, 0.5) is 4.39 Å². The molecule has 0 aliphatic carbocycles. The van der Waals surface area contributed by atoms with E-state index in [0.29, 0.717) is 13.2 Å². The van der Waals surface area contributed by atoms with Gasteiger partial charge < -0.3 is 10.1 Å². The van der Waals surface area contributed by atoms with Crippen LogP contribution >= 0.6 is 15.9 Å². The summed E-state index contributed by atoms with van der Waals surface area (Å²) >= 11 is 3.38. The molecule has 0 heterocycles. The monoisotopic (exact) mass is 289 g/mol. The third-order valence-corrected chi connectivity index (χ3v) is 2.83. The van der Waals surface area contributed by atoms with Crippen LogP contribution in [0.15, 0.2) is 22.7 Å². The van der Waals surface area contributed by atoms with E-state index in [0.717, 1.165) is 16.6 Å². The predicted octanol–water partition coefficient (Wildman–Crippen LogP) is 3.10. The molecule has 1 N–H and O–H groups in total. The van der Waals surface area contributed by atoms with Crippen LogP contribution in [0.1, 0.15) is 19.4 Å². The minimum absolute atomic E-state index is 0.210. The molecule has 1 aromatic rings. The molecule has 0 unspecified atom stereocenters. The molecule has 0 spiro atoms. The number of hydrogen-bond donors (Lipinski definition) is 1. The van der Waals surface area contributed by atoms with E-state index in [2.05, 4.69) is 21.2 Å². The van der Waals surface area contributed by atoms with Crippen molar-refractivity contribution in [1.29, 1.82) is 0 Å². The number of hydrogen-bond acceptors (Lipinski definition) is 2. The number of benzene rings is 1. The van der Waals surface area contributed by atoms with Crippen LogP contribution in [0.25, 0.3) is 0 Å². The van der Waals surface area contributed by atoms with Crippen LogP contribution in [0, 0.1) is 5.82 Å². The zero-order chi connectivity index (χ0) is 12.0. The fourth-order valence-corrected chi connectivity index (χ4v) is 1.66. The van der Waals surface area contributed by atoms with Crippen molar-refractivity contribution in [2.75, 3.05) is 13.2 Å². The molecule has 0 amide bonds. The van der Waals surface area contributed by atoms with Crippen molar-refractivity contribution in [2.24, 2.45) is 0 Å². The minimum Gasteiger partial charge on any atom is -0.377 e. The number of halogens is 2. The Hall–Kier alpha value is -0.450. The van der Waals surface area contributed by atoms with E-state index >= 15 is 0 Å². The fourth-order valence-electron chi connectivity index (χ4n) is 1.27. The number of nitrogens with one attached hydrogen (secondary N) is 1. The maximum Gasteiger partial charge on any atom is 0.123 e. The van der Waals surface area contributed by atoms with E-state index in [-0.39, 0.29) is 11.9 Å². The molecule has 0 aliphatic rings. The van der Waals surface area contributed by atoms with Crippen molar-refractivity contribution in [3.63, 3.8) is 0 Å². The summed E-state index contributed by atoms with van der Waals surface area (Å²) < 4.78 is 19.3. The highest BCUT2D eigenvalue weighted by molar-refractivity contribution is 9.10. The molecule has 16 heavy (non-hydrogen) atoms. The number of ether oxygens (including phenoxy) is 1. The summed E-state index contributed by atoms with van der Waals surface area (Å²) in [4.78, 5) is 0. The van der Waals surface area contributed by atoms with Crippen LogP contribution in [-0.4, -0.2) is 19.3 Å². The maximum absolute atomic E-state index is 13.0. The van der Waals surface area contributed by atoms with Gasteiger partial charge in [-0.1, -0.05) is 15.9 Å². The lowest BCUT2D eigenvalue weighted by Crippen LogP contribution is -2.21. The Bertz CT molecular complexity index is 331.